The highest BCUT2D eigenvalue weighted by molar-refractivity contribution is 5.32. The third-order valence-corrected chi connectivity index (χ3v) is 2.67. The fourth-order valence-electron chi connectivity index (χ4n) is 1.70. The van der Waals surface area contributed by atoms with Gasteiger partial charge in [0.25, 0.3) is 0 Å². The highest BCUT2D eigenvalue weighted by Crippen LogP contribution is 2.17. The van der Waals surface area contributed by atoms with Gasteiger partial charge in [0.1, 0.15) is 11.6 Å². The Morgan fingerprint density at radius 1 is 1.28 bits per heavy atom. The van der Waals surface area contributed by atoms with Gasteiger partial charge in [-0.25, -0.2) is 4.39 Å². The average Bonchev–Trinajstić information content (AvgIpc) is 2.40. The maximum absolute atomic E-state index is 13.0. The molecule has 0 saturated heterocycles. The van der Waals surface area contributed by atoms with Gasteiger partial charge in [0.2, 0.25) is 0 Å². The molecule has 0 aliphatic rings. The third-order valence-electron chi connectivity index (χ3n) is 2.67. The van der Waals surface area contributed by atoms with E-state index in [0.717, 1.165) is 18.5 Å². The van der Waals surface area contributed by atoms with Crippen molar-refractivity contribution < 1.29 is 9.50 Å². The molecule has 0 radical (unpaired) electrons. The van der Waals surface area contributed by atoms with Gasteiger partial charge in [-0.05, 0) is 42.8 Å². The first kappa shape index (κ1) is 12.5. The Labute approximate surface area is 105 Å². The summed E-state index contributed by atoms with van der Waals surface area (Å²) >= 11 is 0. The van der Waals surface area contributed by atoms with Crippen LogP contribution in [0, 0.1) is 5.82 Å². The van der Waals surface area contributed by atoms with Gasteiger partial charge in [0, 0.05) is 24.5 Å². The van der Waals surface area contributed by atoms with E-state index in [1.54, 1.807) is 6.20 Å². The lowest BCUT2D eigenvalue weighted by atomic mass is 10.2. The van der Waals surface area contributed by atoms with Crippen molar-refractivity contribution in [1.82, 2.24) is 10.3 Å². The summed E-state index contributed by atoms with van der Waals surface area (Å²) in [6.45, 7) is 1.20. The first-order chi connectivity index (χ1) is 8.75. The molecule has 0 unspecified atom stereocenters. The van der Waals surface area contributed by atoms with Gasteiger partial charge < -0.3 is 10.4 Å². The molecule has 0 fully saturated rings. The van der Waals surface area contributed by atoms with E-state index >= 15 is 0 Å². The summed E-state index contributed by atoms with van der Waals surface area (Å²) in [5, 5.41) is 12.7. The van der Waals surface area contributed by atoms with Crippen LogP contribution in [0.4, 0.5) is 4.39 Å². The number of pyridine rings is 1. The van der Waals surface area contributed by atoms with E-state index in [2.05, 4.69) is 10.3 Å². The van der Waals surface area contributed by atoms with Crippen LogP contribution in [0.1, 0.15) is 11.1 Å². The number of halogens is 1. The Morgan fingerprint density at radius 3 is 2.94 bits per heavy atom. The second-order valence-corrected chi connectivity index (χ2v) is 4.06. The lowest BCUT2D eigenvalue weighted by Crippen LogP contribution is -2.16. The van der Waals surface area contributed by atoms with Gasteiger partial charge in [-0.2, -0.15) is 0 Å². The molecule has 2 N–H and O–H groups in total. The molecule has 0 amide bonds. The molecule has 0 aliphatic heterocycles. The van der Waals surface area contributed by atoms with Gasteiger partial charge in [-0.1, -0.05) is 6.07 Å². The molecular weight excluding hydrogens is 231 g/mol. The van der Waals surface area contributed by atoms with Crippen molar-refractivity contribution in [3.05, 3.63) is 59.7 Å². The third kappa shape index (κ3) is 3.53. The molecule has 1 aromatic heterocycles. The smallest absolute Gasteiger partial charge is 0.123 e. The molecule has 94 valence electrons. The van der Waals surface area contributed by atoms with Gasteiger partial charge >= 0.3 is 0 Å². The van der Waals surface area contributed by atoms with Gasteiger partial charge in [-0.15, -0.1) is 0 Å². The number of benzene rings is 1. The van der Waals surface area contributed by atoms with Gasteiger partial charge in [-0.3, -0.25) is 4.98 Å². The van der Waals surface area contributed by atoms with Crippen LogP contribution in [-0.4, -0.2) is 16.6 Å². The van der Waals surface area contributed by atoms with Crippen LogP contribution in [0.2, 0.25) is 0 Å². The minimum Gasteiger partial charge on any atom is -0.508 e. The van der Waals surface area contributed by atoms with Crippen molar-refractivity contribution in [2.75, 3.05) is 6.54 Å². The monoisotopic (exact) mass is 246 g/mol. The quantitative estimate of drug-likeness (QED) is 0.795. The van der Waals surface area contributed by atoms with Crippen LogP contribution in [-0.2, 0) is 13.0 Å². The predicted octanol–water partition coefficient (Wildman–Crippen LogP) is 2.26. The molecule has 0 aliphatic carbocycles. The zero-order chi connectivity index (χ0) is 12.8. The van der Waals surface area contributed by atoms with Crippen molar-refractivity contribution in [3.8, 4) is 5.75 Å². The summed E-state index contributed by atoms with van der Waals surface area (Å²) in [5.41, 5.74) is 1.72. The number of aromatic nitrogens is 1. The van der Waals surface area contributed by atoms with Crippen LogP contribution < -0.4 is 5.32 Å². The second kappa shape index (κ2) is 6.12. The Balaban J connectivity index is 1.80. The second-order valence-electron chi connectivity index (χ2n) is 4.06. The van der Waals surface area contributed by atoms with Crippen LogP contribution >= 0.6 is 0 Å². The van der Waals surface area contributed by atoms with E-state index in [-0.39, 0.29) is 11.6 Å². The number of phenols is 1. The molecule has 18 heavy (non-hydrogen) atoms. The van der Waals surface area contributed by atoms with Crippen LogP contribution in [0.3, 0.4) is 0 Å². The summed E-state index contributed by atoms with van der Waals surface area (Å²) in [6, 6.07) is 7.86. The number of rotatable bonds is 5. The van der Waals surface area contributed by atoms with Crippen molar-refractivity contribution in [2.45, 2.75) is 13.0 Å². The maximum Gasteiger partial charge on any atom is 0.123 e. The zero-order valence-corrected chi connectivity index (χ0v) is 9.94. The van der Waals surface area contributed by atoms with E-state index in [0.29, 0.717) is 12.1 Å². The lowest BCUT2D eigenvalue weighted by molar-refractivity contribution is 0.461. The Hall–Kier alpha value is -1.94. The highest BCUT2D eigenvalue weighted by Gasteiger charge is 2.02. The molecule has 0 spiro atoms. The van der Waals surface area contributed by atoms with Gasteiger partial charge in [0.05, 0.1) is 0 Å². The molecule has 1 aromatic carbocycles. The first-order valence-electron chi connectivity index (χ1n) is 5.83. The van der Waals surface area contributed by atoms with E-state index < -0.39 is 0 Å². The molecule has 2 aromatic rings. The van der Waals surface area contributed by atoms with Gasteiger partial charge in [0.15, 0.2) is 0 Å². The molecule has 0 atom stereocenters. The number of hydrogen-bond donors (Lipinski definition) is 2. The van der Waals surface area contributed by atoms with E-state index in [4.69, 9.17) is 0 Å². The molecule has 2 rings (SSSR count). The SMILES string of the molecule is Oc1ccc(F)cc1CNCCc1cccnc1. The summed E-state index contributed by atoms with van der Waals surface area (Å²) < 4.78 is 13.0. The van der Waals surface area contributed by atoms with Crippen molar-refractivity contribution >= 4 is 0 Å². The predicted molar refractivity (Wildman–Crippen MR) is 67.7 cm³/mol. The molecule has 0 saturated carbocycles. The molecule has 4 heteroatoms. The standard InChI is InChI=1S/C14H15FN2O/c15-13-3-4-14(18)12(8-13)10-17-7-5-11-2-1-6-16-9-11/h1-4,6,8-9,17-18H,5,7,10H2. The summed E-state index contributed by atoms with van der Waals surface area (Å²) in [7, 11) is 0. The van der Waals surface area contributed by atoms with Crippen LogP contribution in [0.25, 0.3) is 0 Å². The van der Waals surface area contributed by atoms with E-state index in [9.17, 15) is 9.50 Å². The fraction of sp³-hybridized carbons (Fsp3) is 0.214. The maximum atomic E-state index is 13.0. The summed E-state index contributed by atoms with van der Waals surface area (Å²) in [5.74, 6) is -0.220. The normalized spacial score (nSPS) is 10.5. The Bertz CT molecular complexity index is 502. The summed E-state index contributed by atoms with van der Waals surface area (Å²) in [6.07, 6.45) is 4.41. The Morgan fingerprint density at radius 2 is 2.17 bits per heavy atom. The van der Waals surface area contributed by atoms with Crippen LogP contribution in [0.5, 0.6) is 5.75 Å². The molecule has 1 heterocycles. The number of phenolic OH excluding ortho intramolecular Hbond substituents is 1. The fourth-order valence-corrected chi connectivity index (χ4v) is 1.70. The van der Waals surface area contributed by atoms with Crippen molar-refractivity contribution in [3.63, 3.8) is 0 Å². The first-order valence-corrected chi connectivity index (χ1v) is 5.83. The summed E-state index contributed by atoms with van der Waals surface area (Å²) in [4.78, 5) is 4.03. The molecule has 3 nitrogen and oxygen atoms in total. The molecule has 0 bridgehead atoms. The average molecular weight is 246 g/mol. The topological polar surface area (TPSA) is 45.1 Å². The van der Waals surface area contributed by atoms with E-state index in [1.165, 1.54) is 18.2 Å². The number of nitrogens with one attached hydrogen (secondary N) is 1. The molecular formula is C14H15FN2O. The minimum absolute atomic E-state index is 0.116. The highest BCUT2D eigenvalue weighted by atomic mass is 19.1. The van der Waals surface area contributed by atoms with Crippen molar-refractivity contribution in [2.24, 2.45) is 0 Å². The van der Waals surface area contributed by atoms with Crippen molar-refractivity contribution in [1.29, 1.82) is 0 Å². The number of hydrogen-bond acceptors (Lipinski definition) is 3. The minimum atomic E-state index is -0.336. The largest absolute Gasteiger partial charge is 0.508 e. The lowest BCUT2D eigenvalue weighted by Gasteiger charge is -2.07. The van der Waals surface area contributed by atoms with E-state index in [1.807, 2.05) is 18.3 Å². The van der Waals surface area contributed by atoms with Crippen LogP contribution in [0.15, 0.2) is 42.7 Å². The number of nitrogens with zero attached hydrogens (tertiary/aromatic N) is 1. The Kier molecular flexibility index (Phi) is 4.25. The number of aromatic hydroxyl groups is 1. The zero-order valence-electron chi connectivity index (χ0n) is 9.94.